The zero-order valence-electron chi connectivity index (χ0n) is 16.2. The third kappa shape index (κ3) is 4.98. The molecule has 1 aliphatic rings. The minimum Gasteiger partial charge on any atom is -0.392 e. The number of aromatic amines is 1. The molecular weight excluding hydrogens is 486 g/mol. The molecule has 14 nitrogen and oxygen atoms in total. The summed E-state index contributed by atoms with van der Waals surface area (Å²) < 4.78 is 52.3. The molecule has 172 valence electrons. The first-order valence-electron chi connectivity index (χ1n) is 8.31. The average molecular weight is 504 g/mol. The van der Waals surface area contributed by atoms with Gasteiger partial charge in [-0.1, -0.05) is 12.2 Å². The summed E-state index contributed by atoms with van der Waals surface area (Å²) in [5.41, 5.74) is -3.39. The summed E-state index contributed by atoms with van der Waals surface area (Å²) in [4.78, 5) is 41.5. The first-order chi connectivity index (χ1) is 13.8. The van der Waals surface area contributed by atoms with Gasteiger partial charge in [-0.3, -0.25) is 14.1 Å². The summed E-state index contributed by atoms with van der Waals surface area (Å²) in [7, 11) is -8.64. The van der Waals surface area contributed by atoms with Crippen LogP contribution in [-0.2, 0) is 34.9 Å². The van der Waals surface area contributed by atoms with Crippen LogP contribution in [0.4, 0.5) is 4.39 Å². The number of nitrogens with one attached hydrogen (secondary N) is 1. The second kappa shape index (κ2) is 8.27. The molecule has 21 heteroatoms. The van der Waals surface area contributed by atoms with Crippen molar-refractivity contribution in [3.05, 3.63) is 26.9 Å². The lowest BCUT2D eigenvalue weighted by atomic mass is 9.59. The Balaban J connectivity index is 2.53. The van der Waals surface area contributed by atoms with Crippen LogP contribution in [-0.4, -0.2) is 86.6 Å². The molecule has 0 aliphatic carbocycles. The molecule has 0 bridgehead atoms. The minimum atomic E-state index is -5.62. The van der Waals surface area contributed by atoms with Crippen LogP contribution in [0.15, 0.2) is 11.0 Å². The van der Waals surface area contributed by atoms with E-state index >= 15 is 4.39 Å². The number of phosphoric acid groups is 2. The molecule has 0 radical (unpaired) electrons. The van der Waals surface area contributed by atoms with E-state index in [-0.39, 0.29) is 10.2 Å². The standard InChI is InChI=1S/C10H18B3FN2O12P2S/c11-9(16-1-3(2-17)6(31)15-7(16)20)5(19)4(18)8(14,26-9)10(12,13)27-30(24,25)28-29(21,22)23/h1,4-5,17-19H,2,11-13H2,(H,24,25)(H,15,20,31)(H2,21,22,23)/t4-,5+,8-,9-/m0/s1. The summed E-state index contributed by atoms with van der Waals surface area (Å²) in [6.45, 7) is -0.646. The first kappa shape index (κ1) is 26.6. The van der Waals surface area contributed by atoms with Crippen LogP contribution >= 0.6 is 27.9 Å². The fourth-order valence-corrected chi connectivity index (χ4v) is 5.16. The Morgan fingerprint density at radius 1 is 1.32 bits per heavy atom. The number of halogens is 1. The Hall–Kier alpha value is -0.675. The molecule has 7 N–H and O–H groups in total. The lowest BCUT2D eigenvalue weighted by molar-refractivity contribution is -0.239. The van der Waals surface area contributed by atoms with E-state index in [2.05, 4.69) is 13.8 Å². The van der Waals surface area contributed by atoms with Gasteiger partial charge in [0.05, 0.1) is 12.0 Å². The van der Waals surface area contributed by atoms with Crippen LogP contribution in [0.1, 0.15) is 5.56 Å². The second-order valence-corrected chi connectivity index (χ2v) is 10.4. The number of aromatic nitrogens is 2. The fraction of sp³-hybridized carbons (Fsp3) is 0.600. The molecule has 0 saturated carbocycles. The number of alkyl halides is 1. The van der Waals surface area contributed by atoms with Crippen molar-refractivity contribution >= 4 is 51.4 Å². The largest absolute Gasteiger partial charge is 0.480 e. The van der Waals surface area contributed by atoms with Crippen molar-refractivity contribution in [1.82, 2.24) is 9.55 Å². The predicted molar refractivity (Wildman–Crippen MR) is 109 cm³/mol. The first-order valence-corrected chi connectivity index (χ1v) is 11.7. The highest BCUT2D eigenvalue weighted by Gasteiger charge is 2.69. The quantitative estimate of drug-likeness (QED) is 0.106. The van der Waals surface area contributed by atoms with E-state index in [0.29, 0.717) is 4.57 Å². The van der Waals surface area contributed by atoms with Crippen molar-refractivity contribution in [2.45, 2.75) is 35.7 Å². The Labute approximate surface area is 181 Å². The number of hydrogen-bond acceptors (Lipinski definition) is 10. The number of phosphoric ester groups is 1. The Morgan fingerprint density at radius 3 is 2.35 bits per heavy atom. The zero-order valence-corrected chi connectivity index (χ0v) is 18.8. The van der Waals surface area contributed by atoms with Gasteiger partial charge in [-0.15, -0.1) is 0 Å². The van der Waals surface area contributed by atoms with Crippen molar-refractivity contribution in [1.29, 1.82) is 0 Å². The molecule has 1 aromatic rings. The zero-order chi connectivity index (χ0) is 24.2. The molecule has 0 amide bonds. The number of aliphatic hydroxyl groups is 3. The number of aliphatic hydroxyl groups excluding tert-OH is 3. The molecule has 1 fully saturated rings. The van der Waals surface area contributed by atoms with E-state index in [9.17, 15) is 34.1 Å². The van der Waals surface area contributed by atoms with Gasteiger partial charge in [0.2, 0.25) is 0 Å². The predicted octanol–water partition coefficient (Wildman–Crippen LogP) is -4.79. The van der Waals surface area contributed by atoms with Gasteiger partial charge in [0.25, 0.3) is 5.85 Å². The molecule has 1 aromatic heterocycles. The van der Waals surface area contributed by atoms with Gasteiger partial charge in [0.15, 0.2) is 7.85 Å². The molecule has 2 rings (SSSR count). The maximum Gasteiger partial charge on any atom is 0.480 e. The minimum absolute atomic E-state index is 0.0112. The van der Waals surface area contributed by atoms with Crippen LogP contribution in [0, 0.1) is 4.64 Å². The second-order valence-electron chi connectivity index (χ2n) is 7.28. The van der Waals surface area contributed by atoms with Crippen molar-refractivity contribution in [3.8, 4) is 0 Å². The summed E-state index contributed by atoms with van der Waals surface area (Å²) >= 11 is 4.86. The topological polar surface area (TPSA) is 221 Å². The number of ether oxygens (including phenoxy) is 1. The van der Waals surface area contributed by atoms with Crippen molar-refractivity contribution in [2.75, 3.05) is 0 Å². The number of H-pyrrole nitrogens is 1. The number of nitrogens with zero attached hydrogens (tertiary/aromatic N) is 1. The summed E-state index contributed by atoms with van der Waals surface area (Å²) in [6, 6.07) is 0. The van der Waals surface area contributed by atoms with Crippen molar-refractivity contribution in [2.24, 2.45) is 0 Å². The van der Waals surface area contributed by atoms with Crippen molar-refractivity contribution < 1.29 is 57.1 Å². The molecular formula is C10H18B3FN2O12P2S. The molecule has 1 unspecified atom stereocenters. The van der Waals surface area contributed by atoms with Crippen LogP contribution in [0.5, 0.6) is 0 Å². The highest BCUT2D eigenvalue weighted by Crippen LogP contribution is 2.61. The number of rotatable bonds is 7. The number of hydrogen-bond donors (Lipinski definition) is 7. The average Bonchev–Trinajstić information content (AvgIpc) is 2.74. The highest BCUT2D eigenvalue weighted by atomic mass is 32.1. The van der Waals surface area contributed by atoms with Crippen molar-refractivity contribution in [3.63, 3.8) is 0 Å². The van der Waals surface area contributed by atoms with Gasteiger partial charge in [-0.25, -0.2) is 18.3 Å². The molecule has 0 spiro atoms. The molecule has 1 aliphatic heterocycles. The van der Waals surface area contributed by atoms with Gasteiger partial charge < -0.3 is 34.7 Å². The Kier molecular flexibility index (Phi) is 7.09. The van der Waals surface area contributed by atoms with Gasteiger partial charge in [0, 0.05) is 11.8 Å². The lowest BCUT2D eigenvalue weighted by Crippen LogP contribution is -2.60. The van der Waals surface area contributed by atoms with Crippen LogP contribution < -0.4 is 5.69 Å². The Bertz CT molecular complexity index is 1080. The SMILES string of the molecule is BC(B)(OP(=O)(O)OP(=O)(O)O)[C@@]1(F)O[C@@](B)(n2cc(CO)c(=S)[nH]c2=O)[C@H](O)[C@@H]1O. The normalized spacial score (nSPS) is 31.5. The maximum absolute atomic E-state index is 15.8. The van der Waals surface area contributed by atoms with E-state index in [1.165, 1.54) is 0 Å². The highest BCUT2D eigenvalue weighted by molar-refractivity contribution is 7.71. The third-order valence-corrected chi connectivity index (χ3v) is 7.35. The van der Waals surface area contributed by atoms with Crippen LogP contribution in [0.25, 0.3) is 0 Å². The van der Waals surface area contributed by atoms with E-state index in [4.69, 9.17) is 26.7 Å². The van der Waals surface area contributed by atoms with Gasteiger partial charge in [-0.05, 0) is 0 Å². The smallest absolute Gasteiger partial charge is 0.392 e. The summed E-state index contributed by atoms with van der Waals surface area (Å²) in [5, 5.41) is 27.5. The van der Waals surface area contributed by atoms with E-state index in [0.717, 1.165) is 29.7 Å². The van der Waals surface area contributed by atoms with Gasteiger partial charge in [0.1, 0.15) is 38.2 Å². The lowest BCUT2D eigenvalue weighted by Gasteiger charge is -2.40. The molecule has 31 heavy (non-hydrogen) atoms. The van der Waals surface area contributed by atoms with Gasteiger partial charge >= 0.3 is 21.3 Å². The monoisotopic (exact) mass is 504 g/mol. The van der Waals surface area contributed by atoms with E-state index in [1.54, 1.807) is 0 Å². The molecule has 1 saturated heterocycles. The Morgan fingerprint density at radius 2 is 1.87 bits per heavy atom. The molecule has 5 atom stereocenters. The van der Waals surface area contributed by atoms with E-state index in [1.807, 2.05) is 0 Å². The van der Waals surface area contributed by atoms with Crippen LogP contribution in [0.3, 0.4) is 0 Å². The molecule has 0 aromatic carbocycles. The van der Waals surface area contributed by atoms with Gasteiger partial charge in [-0.2, -0.15) is 4.31 Å². The van der Waals surface area contributed by atoms with E-state index < -0.39 is 57.0 Å². The third-order valence-electron chi connectivity index (χ3n) is 4.62. The maximum atomic E-state index is 15.8. The molecule has 2 heterocycles. The fourth-order valence-electron chi connectivity index (χ4n) is 3.04. The summed E-state index contributed by atoms with van der Waals surface area (Å²) in [5.74, 6) is -3.52. The summed E-state index contributed by atoms with van der Waals surface area (Å²) in [6.07, 6.45) is -3.74. The van der Waals surface area contributed by atoms with Crippen LogP contribution in [0.2, 0.25) is 0 Å².